The zero-order valence-electron chi connectivity index (χ0n) is 15.4. The second kappa shape index (κ2) is 8.18. The van der Waals surface area contributed by atoms with Gasteiger partial charge in [0.1, 0.15) is 6.54 Å². The lowest BCUT2D eigenvalue weighted by Crippen LogP contribution is -2.24. The molecule has 29 heavy (non-hydrogen) atoms. The lowest BCUT2D eigenvalue weighted by atomic mass is 10.2. The van der Waals surface area contributed by atoms with Crippen molar-refractivity contribution >= 4 is 47.0 Å². The lowest BCUT2D eigenvalue weighted by molar-refractivity contribution is -0.117. The fourth-order valence-electron chi connectivity index (χ4n) is 3.30. The maximum absolute atomic E-state index is 12.6. The number of benzene rings is 2. The van der Waals surface area contributed by atoms with Gasteiger partial charge in [0.15, 0.2) is 10.6 Å². The number of nitrogens with one attached hydrogen (secondary N) is 2. The Bertz CT molecular complexity index is 1120. The van der Waals surface area contributed by atoms with Gasteiger partial charge in [0.2, 0.25) is 11.8 Å². The Labute approximate surface area is 177 Å². The van der Waals surface area contributed by atoms with Crippen LogP contribution in [-0.4, -0.2) is 33.1 Å². The molecule has 1 aliphatic heterocycles. The molecule has 0 radical (unpaired) electrons. The van der Waals surface area contributed by atoms with Crippen molar-refractivity contribution in [1.29, 1.82) is 0 Å². The SMILES string of the molecule is O=C(Cn1c(-c2ccc(Cl)cc2)n[nH]c1=S)Nc1cccc(N2CCCC2=O)c1. The van der Waals surface area contributed by atoms with E-state index in [0.717, 1.165) is 17.7 Å². The molecule has 7 nitrogen and oxygen atoms in total. The molecule has 0 atom stereocenters. The maximum atomic E-state index is 12.6. The highest BCUT2D eigenvalue weighted by Crippen LogP contribution is 2.24. The van der Waals surface area contributed by atoms with Crippen LogP contribution in [-0.2, 0) is 16.1 Å². The number of aromatic amines is 1. The molecular formula is C20H18ClN5O2S. The number of carbonyl (C=O) groups is 2. The van der Waals surface area contributed by atoms with Crippen LogP contribution < -0.4 is 10.2 Å². The summed E-state index contributed by atoms with van der Waals surface area (Å²) in [4.78, 5) is 26.3. The van der Waals surface area contributed by atoms with Crippen molar-refractivity contribution in [2.24, 2.45) is 0 Å². The van der Waals surface area contributed by atoms with Gasteiger partial charge in [-0.3, -0.25) is 19.3 Å². The minimum Gasteiger partial charge on any atom is -0.324 e. The Morgan fingerprint density at radius 3 is 2.76 bits per heavy atom. The van der Waals surface area contributed by atoms with Gasteiger partial charge in [0.25, 0.3) is 0 Å². The van der Waals surface area contributed by atoms with Crippen LogP contribution in [0.5, 0.6) is 0 Å². The summed E-state index contributed by atoms with van der Waals surface area (Å²) in [7, 11) is 0. The first kappa shape index (κ1) is 19.4. The third kappa shape index (κ3) is 4.23. The number of carbonyl (C=O) groups excluding carboxylic acids is 2. The van der Waals surface area contributed by atoms with Gasteiger partial charge in [-0.1, -0.05) is 17.7 Å². The van der Waals surface area contributed by atoms with E-state index < -0.39 is 0 Å². The molecule has 0 saturated carbocycles. The van der Waals surface area contributed by atoms with Crippen LogP contribution in [0.3, 0.4) is 0 Å². The van der Waals surface area contributed by atoms with Gasteiger partial charge in [-0.25, -0.2) is 0 Å². The summed E-state index contributed by atoms with van der Waals surface area (Å²) in [6.07, 6.45) is 1.41. The van der Waals surface area contributed by atoms with E-state index in [1.165, 1.54) is 0 Å². The zero-order chi connectivity index (χ0) is 20.4. The van der Waals surface area contributed by atoms with E-state index in [-0.39, 0.29) is 18.4 Å². The van der Waals surface area contributed by atoms with Gasteiger partial charge >= 0.3 is 0 Å². The average molecular weight is 428 g/mol. The summed E-state index contributed by atoms with van der Waals surface area (Å²) in [5, 5.41) is 10.4. The Hall–Kier alpha value is -2.97. The summed E-state index contributed by atoms with van der Waals surface area (Å²) < 4.78 is 1.98. The van der Waals surface area contributed by atoms with Crippen molar-refractivity contribution in [3.63, 3.8) is 0 Å². The second-order valence-electron chi connectivity index (χ2n) is 6.69. The van der Waals surface area contributed by atoms with Crippen LogP contribution in [0.1, 0.15) is 12.8 Å². The molecule has 2 heterocycles. The molecule has 0 aliphatic carbocycles. The minimum absolute atomic E-state index is 0.000164. The Kier molecular flexibility index (Phi) is 5.46. The third-order valence-electron chi connectivity index (χ3n) is 4.68. The number of anilines is 2. The number of hydrogen-bond acceptors (Lipinski definition) is 4. The molecule has 2 N–H and O–H groups in total. The summed E-state index contributed by atoms with van der Waals surface area (Å²) in [6.45, 7) is 0.699. The molecule has 2 aromatic carbocycles. The van der Waals surface area contributed by atoms with E-state index >= 15 is 0 Å². The number of rotatable bonds is 5. The van der Waals surface area contributed by atoms with Gasteiger partial charge in [-0.2, -0.15) is 5.10 Å². The monoisotopic (exact) mass is 427 g/mol. The largest absolute Gasteiger partial charge is 0.324 e. The molecule has 0 spiro atoms. The lowest BCUT2D eigenvalue weighted by Gasteiger charge is -2.17. The third-order valence-corrected chi connectivity index (χ3v) is 5.24. The first-order chi connectivity index (χ1) is 14.0. The minimum atomic E-state index is -0.248. The highest BCUT2D eigenvalue weighted by atomic mass is 35.5. The predicted molar refractivity (Wildman–Crippen MR) is 115 cm³/mol. The van der Waals surface area contributed by atoms with Crippen molar-refractivity contribution in [3.05, 3.63) is 58.3 Å². The van der Waals surface area contributed by atoms with E-state index in [1.54, 1.807) is 33.7 Å². The van der Waals surface area contributed by atoms with E-state index in [0.29, 0.717) is 34.3 Å². The first-order valence-corrected chi connectivity index (χ1v) is 9.91. The smallest absolute Gasteiger partial charge is 0.244 e. The standard InChI is InChI=1S/C20H18ClN5O2S/c21-14-8-6-13(7-9-14)19-23-24-20(29)26(19)12-17(27)22-15-3-1-4-16(11-15)25-10-2-5-18(25)28/h1,3-4,6-9,11H,2,5,10,12H2,(H,22,27)(H,24,29). The van der Waals surface area contributed by atoms with Crippen LogP contribution in [0.2, 0.25) is 5.02 Å². The normalized spacial score (nSPS) is 13.7. The number of halogens is 1. The van der Waals surface area contributed by atoms with E-state index in [9.17, 15) is 9.59 Å². The van der Waals surface area contributed by atoms with Crippen molar-refractivity contribution < 1.29 is 9.59 Å². The van der Waals surface area contributed by atoms with Crippen molar-refractivity contribution in [2.45, 2.75) is 19.4 Å². The maximum Gasteiger partial charge on any atom is 0.244 e. The van der Waals surface area contributed by atoms with Crippen molar-refractivity contribution in [3.8, 4) is 11.4 Å². The highest BCUT2D eigenvalue weighted by Gasteiger charge is 2.22. The summed E-state index contributed by atoms with van der Waals surface area (Å²) >= 11 is 11.2. The number of nitrogens with zero attached hydrogens (tertiary/aromatic N) is 3. The molecule has 4 rings (SSSR count). The van der Waals surface area contributed by atoms with Gasteiger partial charge in [-0.05, 0) is 61.1 Å². The number of hydrogen-bond donors (Lipinski definition) is 2. The summed E-state index contributed by atoms with van der Waals surface area (Å²) in [5.74, 6) is 0.409. The van der Waals surface area contributed by atoms with Crippen LogP contribution in [0.25, 0.3) is 11.4 Å². The van der Waals surface area contributed by atoms with Crippen LogP contribution in [0.15, 0.2) is 48.5 Å². The molecule has 3 aromatic rings. The zero-order valence-corrected chi connectivity index (χ0v) is 17.0. The molecule has 0 bridgehead atoms. The van der Waals surface area contributed by atoms with E-state index in [1.807, 2.05) is 24.3 Å². The van der Waals surface area contributed by atoms with Gasteiger partial charge in [0, 0.05) is 34.9 Å². The topological polar surface area (TPSA) is 83.0 Å². The molecule has 2 amide bonds. The number of H-pyrrole nitrogens is 1. The van der Waals surface area contributed by atoms with E-state index in [4.69, 9.17) is 23.8 Å². The highest BCUT2D eigenvalue weighted by molar-refractivity contribution is 7.71. The van der Waals surface area contributed by atoms with Crippen LogP contribution in [0, 0.1) is 4.77 Å². The second-order valence-corrected chi connectivity index (χ2v) is 7.52. The molecule has 1 aromatic heterocycles. The first-order valence-electron chi connectivity index (χ1n) is 9.13. The predicted octanol–water partition coefficient (Wildman–Crippen LogP) is 4.03. The van der Waals surface area contributed by atoms with Crippen LogP contribution >= 0.6 is 23.8 Å². The van der Waals surface area contributed by atoms with Gasteiger partial charge < -0.3 is 10.2 Å². The van der Waals surface area contributed by atoms with Gasteiger partial charge in [0.05, 0.1) is 0 Å². The van der Waals surface area contributed by atoms with Crippen LogP contribution in [0.4, 0.5) is 11.4 Å². The molecule has 0 unspecified atom stereocenters. The quantitative estimate of drug-likeness (QED) is 0.602. The van der Waals surface area contributed by atoms with Crippen molar-refractivity contribution in [2.75, 3.05) is 16.8 Å². The number of aromatic nitrogens is 3. The average Bonchev–Trinajstić information content (AvgIpc) is 3.29. The molecular weight excluding hydrogens is 410 g/mol. The fraction of sp³-hybridized carbons (Fsp3) is 0.200. The van der Waals surface area contributed by atoms with E-state index in [2.05, 4.69) is 15.5 Å². The fourth-order valence-corrected chi connectivity index (χ4v) is 3.62. The van der Waals surface area contributed by atoms with Gasteiger partial charge in [-0.15, -0.1) is 0 Å². The summed E-state index contributed by atoms with van der Waals surface area (Å²) in [6, 6.07) is 14.4. The van der Waals surface area contributed by atoms with Crippen molar-refractivity contribution in [1.82, 2.24) is 14.8 Å². The Balaban J connectivity index is 1.51. The Morgan fingerprint density at radius 2 is 2.03 bits per heavy atom. The molecule has 148 valence electrons. The summed E-state index contributed by atoms with van der Waals surface area (Å²) in [5.41, 5.74) is 2.20. The molecule has 1 saturated heterocycles. The molecule has 9 heteroatoms. The molecule has 1 aliphatic rings. The molecule has 1 fully saturated rings. The number of amides is 2. The Morgan fingerprint density at radius 1 is 1.24 bits per heavy atom.